The van der Waals surface area contributed by atoms with Crippen LogP contribution in [0.25, 0.3) is 0 Å². The van der Waals surface area contributed by atoms with Gasteiger partial charge in [0.1, 0.15) is 12.4 Å². The van der Waals surface area contributed by atoms with Crippen molar-refractivity contribution in [3.63, 3.8) is 0 Å². The fraction of sp³-hybridized carbons (Fsp3) is 0.865. The summed E-state index contributed by atoms with van der Waals surface area (Å²) in [5, 5.41) is 20.6. The molecule has 1 rings (SSSR count). The molecular weight excluding hydrogens is 651 g/mol. The predicted molar refractivity (Wildman–Crippen MR) is 190 cm³/mol. The number of phosphoric ester groups is 1. The van der Waals surface area contributed by atoms with Crippen LogP contribution < -0.4 is 0 Å². The normalized spacial score (nSPS) is 19.4. The summed E-state index contributed by atoms with van der Waals surface area (Å²) in [6, 6.07) is 0. The molecule has 0 heterocycles. The zero-order valence-corrected chi connectivity index (χ0v) is 31.2. The van der Waals surface area contributed by atoms with Crippen LogP contribution in [0, 0.1) is 11.8 Å². The molecule has 0 aromatic heterocycles. The Hall–Kier alpha value is -1.62. The van der Waals surface area contributed by atoms with Gasteiger partial charge < -0.3 is 29.5 Å². The van der Waals surface area contributed by atoms with Crippen molar-refractivity contribution >= 4 is 25.5 Å². The number of hydrogen-bond acceptors (Lipinski definition) is 9. The molecule has 0 radical (unpaired) electrons. The molecule has 0 bridgehead atoms. The van der Waals surface area contributed by atoms with Gasteiger partial charge in [0.15, 0.2) is 6.10 Å². The van der Waals surface area contributed by atoms with Gasteiger partial charge in [0.05, 0.1) is 18.8 Å². The van der Waals surface area contributed by atoms with E-state index in [0.717, 1.165) is 57.8 Å². The van der Waals surface area contributed by atoms with E-state index in [1.165, 1.54) is 44.9 Å². The third kappa shape index (κ3) is 24.2. The monoisotopic (exact) mass is 718 g/mol. The number of carbonyl (C=O) groups is 3. The van der Waals surface area contributed by atoms with E-state index < -0.39 is 44.7 Å². The largest absolute Gasteiger partial charge is 0.469 e. The number of Topliss-reactive ketones (excluding diaryl/α,β-unsaturated/α-hetero) is 1. The van der Waals surface area contributed by atoms with E-state index >= 15 is 0 Å². The predicted octanol–water partition coefficient (Wildman–Crippen LogP) is 7.66. The standard InChI is InChI=1S/C37H67O11P/c1-3-5-7-8-9-10-11-12-13-14-20-24-37(42)48-31(29-47-49(43,44)45)28-46-36(41)23-19-16-15-18-22-32-33(35(40)27-34(32)39)26-25-30(38)21-17-6-4-2/h25-26,30-34,38-39H,3-24,27-29H2,1-2H3,(H2,43,44,45)/b26-25+/t30-,31+,32+,33+,34-/m0/s1. The third-order valence-corrected chi connectivity index (χ3v) is 9.68. The van der Waals surface area contributed by atoms with Crippen molar-refractivity contribution in [2.75, 3.05) is 13.2 Å². The van der Waals surface area contributed by atoms with E-state index in [2.05, 4.69) is 18.4 Å². The minimum Gasteiger partial charge on any atom is -0.462 e. The number of hydrogen-bond donors (Lipinski definition) is 4. The molecule has 0 unspecified atom stereocenters. The van der Waals surface area contributed by atoms with Crippen molar-refractivity contribution in [3.8, 4) is 0 Å². The lowest BCUT2D eigenvalue weighted by atomic mass is 9.88. The summed E-state index contributed by atoms with van der Waals surface area (Å²) in [6.45, 7) is 3.36. The Kier molecular flexibility index (Phi) is 26.0. The second-order valence-corrected chi connectivity index (χ2v) is 14.9. The number of aliphatic hydroxyl groups is 2. The van der Waals surface area contributed by atoms with Gasteiger partial charge in [-0.05, 0) is 31.6 Å². The van der Waals surface area contributed by atoms with Crippen molar-refractivity contribution < 1.29 is 52.9 Å². The van der Waals surface area contributed by atoms with Crippen LogP contribution >= 0.6 is 7.82 Å². The number of aliphatic hydroxyl groups excluding tert-OH is 2. The summed E-state index contributed by atoms with van der Waals surface area (Å²) in [6.07, 6.45) is 21.3. The van der Waals surface area contributed by atoms with Crippen molar-refractivity contribution in [1.82, 2.24) is 0 Å². The lowest BCUT2D eigenvalue weighted by Gasteiger charge is -2.19. The van der Waals surface area contributed by atoms with E-state index in [-0.39, 0.29) is 43.5 Å². The van der Waals surface area contributed by atoms with Gasteiger partial charge in [0, 0.05) is 25.2 Å². The number of ether oxygens (including phenoxy) is 2. The quantitative estimate of drug-likeness (QED) is 0.0240. The average molecular weight is 719 g/mol. The van der Waals surface area contributed by atoms with Crippen LogP contribution in [0.2, 0.25) is 0 Å². The van der Waals surface area contributed by atoms with Gasteiger partial charge in [-0.15, -0.1) is 0 Å². The van der Waals surface area contributed by atoms with Crippen LogP contribution in [0.15, 0.2) is 12.2 Å². The molecule has 4 N–H and O–H groups in total. The molecule has 1 aliphatic rings. The zero-order chi connectivity index (χ0) is 36.3. The molecule has 0 aromatic rings. The molecule has 12 heteroatoms. The van der Waals surface area contributed by atoms with Crippen molar-refractivity contribution in [2.24, 2.45) is 11.8 Å². The van der Waals surface area contributed by atoms with E-state index in [4.69, 9.17) is 19.3 Å². The lowest BCUT2D eigenvalue weighted by molar-refractivity contribution is -0.161. The Morgan fingerprint density at radius 1 is 0.796 bits per heavy atom. The number of carbonyl (C=O) groups excluding carboxylic acids is 3. The van der Waals surface area contributed by atoms with E-state index in [1.54, 1.807) is 12.2 Å². The molecule has 1 fully saturated rings. The first-order valence-electron chi connectivity index (χ1n) is 19.1. The Balaban J connectivity index is 2.31. The van der Waals surface area contributed by atoms with Gasteiger partial charge >= 0.3 is 19.8 Å². The molecule has 11 nitrogen and oxygen atoms in total. The third-order valence-electron chi connectivity index (χ3n) is 9.19. The minimum absolute atomic E-state index is 0.00140. The lowest BCUT2D eigenvalue weighted by Crippen LogP contribution is -2.29. The van der Waals surface area contributed by atoms with Crippen LogP contribution in [0.1, 0.15) is 162 Å². The fourth-order valence-corrected chi connectivity index (χ4v) is 6.64. The van der Waals surface area contributed by atoms with Crippen molar-refractivity contribution in [1.29, 1.82) is 0 Å². The van der Waals surface area contributed by atoms with Gasteiger partial charge in [-0.25, -0.2) is 4.57 Å². The first-order chi connectivity index (χ1) is 23.5. The van der Waals surface area contributed by atoms with Crippen molar-refractivity contribution in [3.05, 3.63) is 12.2 Å². The fourth-order valence-electron chi connectivity index (χ4n) is 6.28. The molecule has 1 saturated carbocycles. The molecular formula is C37H67O11P. The summed E-state index contributed by atoms with van der Waals surface area (Å²) in [4.78, 5) is 55.3. The van der Waals surface area contributed by atoms with Gasteiger partial charge in [0.2, 0.25) is 0 Å². The molecule has 49 heavy (non-hydrogen) atoms. The summed E-state index contributed by atoms with van der Waals surface area (Å²) in [5.41, 5.74) is 0. The van der Waals surface area contributed by atoms with Gasteiger partial charge in [0.25, 0.3) is 0 Å². The maximum absolute atomic E-state index is 12.4. The summed E-state index contributed by atoms with van der Waals surface area (Å²) < 4.78 is 26.3. The number of ketones is 1. The molecule has 0 spiro atoms. The van der Waals surface area contributed by atoms with E-state index in [0.29, 0.717) is 25.7 Å². The van der Waals surface area contributed by atoms with Gasteiger partial charge in [-0.3, -0.25) is 18.9 Å². The maximum Gasteiger partial charge on any atom is 0.469 e. The summed E-state index contributed by atoms with van der Waals surface area (Å²) >= 11 is 0. The van der Waals surface area contributed by atoms with Gasteiger partial charge in [-0.2, -0.15) is 0 Å². The topological polar surface area (TPSA) is 177 Å². The second-order valence-electron chi connectivity index (χ2n) is 13.7. The average Bonchev–Trinajstić information content (AvgIpc) is 3.32. The van der Waals surface area contributed by atoms with Crippen LogP contribution in [-0.4, -0.2) is 69.2 Å². The number of esters is 2. The highest BCUT2D eigenvalue weighted by molar-refractivity contribution is 7.46. The van der Waals surface area contributed by atoms with Crippen LogP contribution in [0.3, 0.4) is 0 Å². The highest BCUT2D eigenvalue weighted by Crippen LogP contribution is 2.36. The minimum atomic E-state index is -4.80. The molecule has 1 aliphatic carbocycles. The summed E-state index contributed by atoms with van der Waals surface area (Å²) in [7, 11) is -4.80. The molecule has 0 aliphatic heterocycles. The smallest absolute Gasteiger partial charge is 0.462 e. The highest BCUT2D eigenvalue weighted by atomic mass is 31.2. The molecule has 0 amide bonds. The Morgan fingerprint density at radius 3 is 1.92 bits per heavy atom. The maximum atomic E-state index is 12.4. The SMILES string of the molecule is CCCCCCCCCCCCCC(=O)O[C@H](COC(=O)CCCCCC[C@H]1[C@@H](O)CC(=O)[C@@H]1/C=C/[C@@H](O)CCCCC)COP(=O)(O)O. The van der Waals surface area contributed by atoms with Crippen LogP contribution in [0.5, 0.6) is 0 Å². The van der Waals surface area contributed by atoms with E-state index in [1.807, 2.05) is 0 Å². The first-order valence-corrected chi connectivity index (χ1v) is 20.6. The first kappa shape index (κ1) is 45.4. The summed E-state index contributed by atoms with van der Waals surface area (Å²) in [5.74, 6) is -1.60. The Labute approximate surface area is 295 Å². The van der Waals surface area contributed by atoms with Gasteiger partial charge in [-0.1, -0.05) is 129 Å². The number of unbranched alkanes of at least 4 members (excludes halogenated alkanes) is 15. The van der Waals surface area contributed by atoms with Crippen LogP contribution in [-0.2, 0) is 32.9 Å². The highest BCUT2D eigenvalue weighted by Gasteiger charge is 2.39. The molecule has 0 saturated heterocycles. The molecule has 0 aromatic carbocycles. The second kappa shape index (κ2) is 28.0. The van der Waals surface area contributed by atoms with Crippen LogP contribution in [0.4, 0.5) is 0 Å². The Morgan fingerprint density at radius 2 is 1.33 bits per heavy atom. The molecule has 5 atom stereocenters. The zero-order valence-electron chi connectivity index (χ0n) is 30.3. The number of allylic oxidation sites excluding steroid dienone is 1. The van der Waals surface area contributed by atoms with E-state index in [9.17, 15) is 29.2 Å². The molecule has 286 valence electrons. The number of rotatable bonds is 31. The van der Waals surface area contributed by atoms with Crippen molar-refractivity contribution in [2.45, 2.75) is 180 Å². The number of phosphoric acid groups is 1. The Bertz CT molecular complexity index is 966.